The minimum atomic E-state index is -1.15. The highest BCUT2D eigenvalue weighted by molar-refractivity contribution is 5.87. The summed E-state index contributed by atoms with van der Waals surface area (Å²) in [6.07, 6.45) is 9.96. The molecule has 0 aromatic heterocycles. The first kappa shape index (κ1) is 20.5. The Labute approximate surface area is 177 Å². The normalized spacial score (nSPS) is 59.9. The highest BCUT2D eigenvalue weighted by Gasteiger charge is 2.84. The van der Waals surface area contributed by atoms with Gasteiger partial charge in [-0.15, -0.1) is 0 Å². The Morgan fingerprint density at radius 3 is 2.21 bits per heavy atom. The van der Waals surface area contributed by atoms with E-state index in [1.807, 2.05) is 0 Å². The molecule has 0 radical (unpaired) electrons. The maximum absolute atomic E-state index is 12.8. The average molecular weight is 402 g/mol. The third-order valence-corrected chi connectivity index (χ3v) is 12.5. The summed E-state index contributed by atoms with van der Waals surface area (Å²) < 4.78 is 0. The number of Topliss-reactive ketones (excluding diaryl/α,β-unsaturated/α-hetero) is 1. The minimum absolute atomic E-state index is 0.00188. The van der Waals surface area contributed by atoms with Crippen molar-refractivity contribution in [1.29, 1.82) is 0 Å². The zero-order chi connectivity index (χ0) is 21.3. The molecule has 0 amide bonds. The Balaban J connectivity index is 1.56. The first-order chi connectivity index (χ1) is 13.4. The maximum atomic E-state index is 12.8. The molecule has 0 bridgehead atoms. The molecule has 29 heavy (non-hydrogen) atoms. The number of rotatable bonds is 2. The summed E-state index contributed by atoms with van der Waals surface area (Å²) in [6.45, 7) is 13.5. The molecule has 5 aliphatic carbocycles. The number of aliphatic hydroxyl groups is 1. The van der Waals surface area contributed by atoms with Crippen LogP contribution in [0.2, 0.25) is 0 Å². The van der Waals surface area contributed by atoms with Gasteiger partial charge in [0.25, 0.3) is 0 Å². The zero-order valence-electron chi connectivity index (χ0n) is 19.8. The van der Waals surface area contributed by atoms with Gasteiger partial charge in [0.1, 0.15) is 5.60 Å². The molecular weight excluding hydrogens is 358 g/mol. The van der Waals surface area contributed by atoms with Crippen molar-refractivity contribution in [3.05, 3.63) is 0 Å². The molecule has 1 unspecified atom stereocenters. The van der Waals surface area contributed by atoms with Crippen molar-refractivity contribution in [2.24, 2.45) is 44.8 Å². The van der Waals surface area contributed by atoms with Gasteiger partial charge in [-0.05, 0) is 105 Å². The first-order valence-electron chi connectivity index (χ1n) is 12.3. The summed E-state index contributed by atoms with van der Waals surface area (Å²) in [5.41, 5.74) is -0.00421. The fourth-order valence-electron chi connectivity index (χ4n) is 11.1. The van der Waals surface area contributed by atoms with Crippen LogP contribution in [0.5, 0.6) is 0 Å². The van der Waals surface area contributed by atoms with E-state index >= 15 is 0 Å². The van der Waals surface area contributed by atoms with Gasteiger partial charge in [0.2, 0.25) is 0 Å². The fourth-order valence-corrected chi connectivity index (χ4v) is 11.1. The molecule has 3 heteroatoms. The topological polar surface area (TPSA) is 49.3 Å². The molecular formula is C26H43NO2. The van der Waals surface area contributed by atoms with Crippen LogP contribution >= 0.6 is 0 Å². The Morgan fingerprint density at radius 2 is 1.59 bits per heavy atom. The molecule has 2 spiro atoms. The van der Waals surface area contributed by atoms with E-state index in [1.54, 1.807) is 6.92 Å². The lowest BCUT2D eigenvalue weighted by Crippen LogP contribution is -2.63. The molecule has 9 atom stereocenters. The Hall–Kier alpha value is -0.410. The summed E-state index contributed by atoms with van der Waals surface area (Å²) in [5, 5.41) is 15.4. The number of nitrogens with one attached hydrogen (secondary N) is 1. The lowest BCUT2D eigenvalue weighted by Gasteiger charge is -2.64. The number of carbonyl (C=O) groups excluding carboxylic acids is 1. The second-order valence-electron chi connectivity index (χ2n) is 13.1. The summed E-state index contributed by atoms with van der Waals surface area (Å²) >= 11 is 0. The van der Waals surface area contributed by atoms with Crippen LogP contribution in [0.4, 0.5) is 0 Å². The second-order valence-corrected chi connectivity index (χ2v) is 13.1. The van der Waals surface area contributed by atoms with Crippen molar-refractivity contribution < 1.29 is 9.90 Å². The SMILES string of the molecule is CN[C@H]1CC[C@]23C[C@@]24CC[C@]2(C)[C@@](O)(C(C)=O)C(C)C[C@@]2(C)[C@@H]4CC[C@H]3C1(C)C. The van der Waals surface area contributed by atoms with E-state index in [0.29, 0.717) is 28.2 Å². The number of fused-ring (bicyclic) bond motifs is 2. The summed E-state index contributed by atoms with van der Waals surface area (Å²) in [4.78, 5) is 12.8. The van der Waals surface area contributed by atoms with Crippen LogP contribution in [0.3, 0.4) is 0 Å². The molecule has 5 aliphatic rings. The molecule has 3 nitrogen and oxygen atoms in total. The Morgan fingerprint density at radius 1 is 0.966 bits per heavy atom. The van der Waals surface area contributed by atoms with Crippen LogP contribution in [0.15, 0.2) is 0 Å². The Kier molecular flexibility index (Phi) is 3.88. The Bertz CT molecular complexity index is 762. The second kappa shape index (κ2) is 5.49. The van der Waals surface area contributed by atoms with Crippen molar-refractivity contribution in [2.45, 2.75) is 105 Å². The minimum Gasteiger partial charge on any atom is -0.381 e. The maximum Gasteiger partial charge on any atom is 0.162 e. The number of hydrogen-bond donors (Lipinski definition) is 2. The van der Waals surface area contributed by atoms with Crippen molar-refractivity contribution in [2.75, 3.05) is 7.05 Å². The largest absolute Gasteiger partial charge is 0.381 e. The van der Waals surface area contributed by atoms with Gasteiger partial charge in [0.05, 0.1) is 0 Å². The molecule has 0 saturated heterocycles. The van der Waals surface area contributed by atoms with Gasteiger partial charge in [-0.1, -0.05) is 34.6 Å². The van der Waals surface area contributed by atoms with E-state index in [4.69, 9.17) is 0 Å². The standard InChI is InChI=1S/C26H43NO2/c1-16-14-22(5)19-9-8-18-21(3,4)20(27-7)10-11-24(18)15-25(19,24)13-12-23(22,6)26(16,29)17(2)28/h16,18-20,27,29H,8-15H2,1-7H3/t16?,18-,19-,20-,22-,23-,24+,25+,26-/m0/s1. The van der Waals surface area contributed by atoms with E-state index in [2.05, 4.69) is 47.0 Å². The smallest absolute Gasteiger partial charge is 0.162 e. The molecule has 5 saturated carbocycles. The van der Waals surface area contributed by atoms with Gasteiger partial charge < -0.3 is 10.4 Å². The van der Waals surface area contributed by atoms with Gasteiger partial charge >= 0.3 is 0 Å². The third kappa shape index (κ3) is 1.90. The first-order valence-corrected chi connectivity index (χ1v) is 12.3. The van der Waals surface area contributed by atoms with Crippen molar-refractivity contribution in [3.8, 4) is 0 Å². The van der Waals surface area contributed by atoms with Gasteiger partial charge in [-0.3, -0.25) is 4.79 Å². The zero-order valence-corrected chi connectivity index (χ0v) is 19.8. The quantitative estimate of drug-likeness (QED) is 0.687. The highest BCUT2D eigenvalue weighted by Crippen LogP contribution is 2.89. The molecule has 0 aromatic carbocycles. The lowest BCUT2D eigenvalue weighted by atomic mass is 9.41. The van der Waals surface area contributed by atoms with Crippen LogP contribution in [0.1, 0.15) is 92.9 Å². The van der Waals surface area contributed by atoms with Gasteiger partial charge in [0.15, 0.2) is 5.78 Å². The summed E-state index contributed by atoms with van der Waals surface area (Å²) in [5.74, 6) is 1.55. The van der Waals surface area contributed by atoms with E-state index in [0.717, 1.165) is 18.8 Å². The van der Waals surface area contributed by atoms with Gasteiger partial charge in [0, 0.05) is 11.5 Å². The number of hydrogen-bond acceptors (Lipinski definition) is 3. The van der Waals surface area contributed by atoms with E-state index in [1.165, 1.54) is 38.5 Å². The highest BCUT2D eigenvalue weighted by atomic mass is 16.3. The van der Waals surface area contributed by atoms with Crippen LogP contribution in [-0.4, -0.2) is 29.6 Å². The molecule has 5 fully saturated rings. The van der Waals surface area contributed by atoms with E-state index in [9.17, 15) is 9.90 Å². The van der Waals surface area contributed by atoms with Crippen LogP contribution in [0, 0.1) is 44.8 Å². The summed E-state index contributed by atoms with van der Waals surface area (Å²) in [6, 6.07) is 0.631. The average Bonchev–Trinajstić information content (AvgIpc) is 3.27. The number of ketones is 1. The van der Waals surface area contributed by atoms with Gasteiger partial charge in [-0.2, -0.15) is 0 Å². The molecule has 5 rings (SSSR count). The molecule has 0 aliphatic heterocycles. The van der Waals surface area contributed by atoms with Crippen molar-refractivity contribution >= 4 is 5.78 Å². The monoisotopic (exact) mass is 401 g/mol. The molecule has 0 heterocycles. The summed E-state index contributed by atoms with van der Waals surface area (Å²) in [7, 11) is 2.15. The van der Waals surface area contributed by atoms with Crippen LogP contribution < -0.4 is 5.32 Å². The van der Waals surface area contributed by atoms with Crippen molar-refractivity contribution in [3.63, 3.8) is 0 Å². The van der Waals surface area contributed by atoms with E-state index < -0.39 is 5.60 Å². The predicted molar refractivity (Wildman–Crippen MR) is 116 cm³/mol. The lowest BCUT2D eigenvalue weighted by molar-refractivity contribution is -0.190. The fraction of sp³-hybridized carbons (Fsp3) is 0.962. The van der Waals surface area contributed by atoms with Crippen LogP contribution in [0.25, 0.3) is 0 Å². The van der Waals surface area contributed by atoms with Gasteiger partial charge in [-0.25, -0.2) is 0 Å². The van der Waals surface area contributed by atoms with Crippen LogP contribution in [-0.2, 0) is 4.79 Å². The third-order valence-electron chi connectivity index (χ3n) is 12.5. The number of carbonyl (C=O) groups is 1. The predicted octanol–water partition coefficient (Wildman–Crippen LogP) is 4.96. The molecule has 2 N–H and O–H groups in total. The van der Waals surface area contributed by atoms with E-state index in [-0.39, 0.29) is 22.5 Å². The molecule has 0 aromatic rings. The molecule has 164 valence electrons. The van der Waals surface area contributed by atoms with Crippen molar-refractivity contribution in [1.82, 2.24) is 5.32 Å².